The number of hydrogen-bond donors (Lipinski definition) is 2. The Balaban J connectivity index is 2.05. The summed E-state index contributed by atoms with van der Waals surface area (Å²) in [7, 11) is 0. The van der Waals surface area contributed by atoms with Gasteiger partial charge < -0.3 is 14.9 Å². The van der Waals surface area contributed by atoms with Crippen molar-refractivity contribution in [3.8, 4) is 0 Å². The van der Waals surface area contributed by atoms with Gasteiger partial charge in [0.2, 0.25) is 0 Å². The molecule has 2 N–H and O–H groups in total. The number of nitrogens with zero attached hydrogens (tertiary/aromatic N) is 2. The van der Waals surface area contributed by atoms with Crippen LogP contribution in [0.2, 0.25) is 0 Å². The van der Waals surface area contributed by atoms with Crippen molar-refractivity contribution in [1.29, 1.82) is 0 Å². The highest BCUT2D eigenvalue weighted by atomic mass is 32.2. The van der Waals surface area contributed by atoms with Crippen molar-refractivity contribution in [1.82, 2.24) is 15.5 Å². The molecule has 0 bridgehead atoms. The lowest BCUT2D eigenvalue weighted by Crippen LogP contribution is -2.26. The van der Waals surface area contributed by atoms with Gasteiger partial charge in [-0.05, 0) is 19.9 Å². The van der Waals surface area contributed by atoms with Gasteiger partial charge in [-0.3, -0.25) is 9.59 Å². The van der Waals surface area contributed by atoms with Crippen LogP contribution in [0.15, 0.2) is 10.6 Å². The quantitative estimate of drug-likeness (QED) is 0.777. The predicted molar refractivity (Wildman–Crippen MR) is 78.6 cm³/mol. The van der Waals surface area contributed by atoms with E-state index in [0.717, 1.165) is 0 Å². The minimum atomic E-state index is -0.863. The SMILES string of the molecule is Cc1cc(C(=O)NCCSCC(=O)O)c2c(C)noc2n1. The summed E-state index contributed by atoms with van der Waals surface area (Å²) in [5.74, 6) is -0.543. The van der Waals surface area contributed by atoms with Crippen LogP contribution in [0.5, 0.6) is 0 Å². The van der Waals surface area contributed by atoms with E-state index in [1.54, 1.807) is 19.9 Å². The average Bonchev–Trinajstić information content (AvgIpc) is 2.78. The zero-order chi connectivity index (χ0) is 15.4. The van der Waals surface area contributed by atoms with Gasteiger partial charge in [0.25, 0.3) is 11.6 Å². The standard InChI is InChI=1S/C13H15N3O4S/c1-7-5-9(11-8(2)16-20-13(11)15-7)12(19)14-3-4-21-6-10(17)18/h5H,3-4,6H2,1-2H3,(H,14,19)(H,17,18). The maximum atomic E-state index is 12.2. The van der Waals surface area contributed by atoms with Gasteiger partial charge in [0.15, 0.2) is 0 Å². The van der Waals surface area contributed by atoms with Crippen molar-refractivity contribution in [2.24, 2.45) is 0 Å². The Morgan fingerprint density at radius 2 is 2.19 bits per heavy atom. The normalized spacial score (nSPS) is 10.8. The molecule has 2 aromatic rings. The van der Waals surface area contributed by atoms with Gasteiger partial charge in [-0.25, -0.2) is 4.98 Å². The van der Waals surface area contributed by atoms with Crippen LogP contribution in [0.3, 0.4) is 0 Å². The first kappa shape index (κ1) is 15.3. The maximum Gasteiger partial charge on any atom is 0.313 e. The molecule has 0 atom stereocenters. The lowest BCUT2D eigenvalue weighted by Gasteiger charge is -2.06. The fourth-order valence-electron chi connectivity index (χ4n) is 1.89. The number of aromatic nitrogens is 2. The first-order valence-corrected chi connectivity index (χ1v) is 7.46. The van der Waals surface area contributed by atoms with Crippen LogP contribution < -0.4 is 5.32 Å². The molecular formula is C13H15N3O4S. The summed E-state index contributed by atoms with van der Waals surface area (Å²) < 4.78 is 5.08. The number of carboxylic acids is 1. The van der Waals surface area contributed by atoms with Crippen LogP contribution in [0.25, 0.3) is 11.1 Å². The van der Waals surface area contributed by atoms with Crippen molar-refractivity contribution in [3.05, 3.63) is 23.0 Å². The molecule has 2 rings (SSSR count). The second-order valence-electron chi connectivity index (χ2n) is 4.46. The highest BCUT2D eigenvalue weighted by Crippen LogP contribution is 2.21. The van der Waals surface area contributed by atoms with E-state index in [-0.39, 0.29) is 11.7 Å². The van der Waals surface area contributed by atoms with Gasteiger partial charge in [-0.2, -0.15) is 0 Å². The summed E-state index contributed by atoms with van der Waals surface area (Å²) >= 11 is 1.25. The number of nitrogens with one attached hydrogen (secondary N) is 1. The monoisotopic (exact) mass is 309 g/mol. The number of amides is 1. The van der Waals surface area contributed by atoms with E-state index in [1.807, 2.05) is 0 Å². The lowest BCUT2D eigenvalue weighted by molar-refractivity contribution is -0.133. The molecule has 0 aromatic carbocycles. The molecule has 0 fully saturated rings. The van der Waals surface area contributed by atoms with Crippen molar-refractivity contribution in [2.75, 3.05) is 18.1 Å². The number of thioether (sulfide) groups is 1. The Morgan fingerprint density at radius 3 is 2.90 bits per heavy atom. The average molecular weight is 309 g/mol. The summed E-state index contributed by atoms with van der Waals surface area (Å²) in [6.07, 6.45) is 0. The number of carbonyl (C=O) groups is 2. The summed E-state index contributed by atoms with van der Waals surface area (Å²) in [6, 6.07) is 1.69. The number of rotatable bonds is 6. The number of hydrogen-bond acceptors (Lipinski definition) is 6. The topological polar surface area (TPSA) is 105 Å². The van der Waals surface area contributed by atoms with Gasteiger partial charge in [-0.1, -0.05) is 5.16 Å². The first-order valence-electron chi connectivity index (χ1n) is 6.30. The van der Waals surface area contributed by atoms with Crippen LogP contribution >= 0.6 is 11.8 Å². The number of pyridine rings is 1. The van der Waals surface area contributed by atoms with Crippen LogP contribution in [0.4, 0.5) is 0 Å². The third kappa shape index (κ3) is 3.72. The summed E-state index contributed by atoms with van der Waals surface area (Å²) in [6.45, 7) is 3.92. The minimum absolute atomic E-state index is 0.0270. The highest BCUT2D eigenvalue weighted by Gasteiger charge is 2.17. The van der Waals surface area contributed by atoms with E-state index >= 15 is 0 Å². The Bertz CT molecular complexity index is 683. The van der Waals surface area contributed by atoms with Crippen molar-refractivity contribution in [2.45, 2.75) is 13.8 Å². The van der Waals surface area contributed by atoms with Gasteiger partial charge in [0.1, 0.15) is 0 Å². The fraction of sp³-hybridized carbons (Fsp3) is 0.385. The van der Waals surface area contributed by atoms with E-state index in [9.17, 15) is 9.59 Å². The molecule has 7 nitrogen and oxygen atoms in total. The molecule has 0 unspecified atom stereocenters. The summed E-state index contributed by atoms with van der Waals surface area (Å²) in [5, 5.41) is 15.7. The molecule has 21 heavy (non-hydrogen) atoms. The molecule has 0 saturated heterocycles. The number of carbonyl (C=O) groups excluding carboxylic acids is 1. The molecule has 2 heterocycles. The minimum Gasteiger partial charge on any atom is -0.481 e. The van der Waals surface area contributed by atoms with Gasteiger partial charge in [-0.15, -0.1) is 11.8 Å². The summed E-state index contributed by atoms with van der Waals surface area (Å²) in [4.78, 5) is 26.8. The Kier molecular flexibility index (Phi) is 4.79. The molecular weight excluding hydrogens is 294 g/mol. The Labute approximate surface area is 125 Å². The third-order valence-electron chi connectivity index (χ3n) is 2.75. The highest BCUT2D eigenvalue weighted by molar-refractivity contribution is 7.99. The molecule has 2 aromatic heterocycles. The molecule has 0 spiro atoms. The molecule has 0 saturated carbocycles. The number of carboxylic acid groups (broad SMARTS) is 1. The van der Waals surface area contributed by atoms with Crippen molar-refractivity contribution < 1.29 is 19.2 Å². The third-order valence-corrected chi connectivity index (χ3v) is 3.69. The number of aliphatic carboxylic acids is 1. The second-order valence-corrected chi connectivity index (χ2v) is 5.57. The zero-order valence-electron chi connectivity index (χ0n) is 11.7. The molecule has 0 aliphatic rings. The molecule has 0 radical (unpaired) electrons. The Morgan fingerprint density at radius 1 is 1.43 bits per heavy atom. The Hall–Kier alpha value is -2.09. The maximum absolute atomic E-state index is 12.2. The molecule has 0 aliphatic heterocycles. The number of fused-ring (bicyclic) bond motifs is 1. The number of aryl methyl sites for hydroxylation is 2. The van der Waals surface area contributed by atoms with Crippen molar-refractivity contribution in [3.63, 3.8) is 0 Å². The second kappa shape index (κ2) is 6.57. The molecule has 0 aliphatic carbocycles. The van der Waals surface area contributed by atoms with Crippen molar-refractivity contribution >= 4 is 34.7 Å². The smallest absolute Gasteiger partial charge is 0.313 e. The first-order chi connectivity index (χ1) is 9.99. The zero-order valence-corrected chi connectivity index (χ0v) is 12.5. The predicted octanol–water partition coefficient (Wildman–Crippen LogP) is 1.39. The van der Waals surface area contributed by atoms with E-state index < -0.39 is 5.97 Å². The van der Waals surface area contributed by atoms with Gasteiger partial charge in [0, 0.05) is 18.0 Å². The molecule has 8 heteroatoms. The van der Waals surface area contributed by atoms with Crippen LogP contribution in [0.1, 0.15) is 21.7 Å². The van der Waals surface area contributed by atoms with E-state index in [2.05, 4.69) is 15.5 Å². The van der Waals surface area contributed by atoms with Crippen LogP contribution in [-0.2, 0) is 4.79 Å². The largest absolute Gasteiger partial charge is 0.481 e. The molecule has 112 valence electrons. The van der Waals surface area contributed by atoms with E-state index in [4.69, 9.17) is 9.63 Å². The molecule has 1 amide bonds. The summed E-state index contributed by atoms with van der Waals surface area (Å²) in [5.41, 5.74) is 2.10. The van der Waals surface area contributed by atoms with E-state index in [0.29, 0.717) is 40.3 Å². The van der Waals surface area contributed by atoms with Gasteiger partial charge >= 0.3 is 5.97 Å². The van der Waals surface area contributed by atoms with Crippen LogP contribution in [-0.4, -0.2) is 45.2 Å². The fourth-order valence-corrected chi connectivity index (χ4v) is 2.45. The van der Waals surface area contributed by atoms with Crippen LogP contribution in [0, 0.1) is 13.8 Å². The van der Waals surface area contributed by atoms with E-state index in [1.165, 1.54) is 11.8 Å². The van der Waals surface area contributed by atoms with Gasteiger partial charge in [0.05, 0.1) is 22.4 Å². The lowest BCUT2D eigenvalue weighted by atomic mass is 10.1.